The Labute approximate surface area is 96.5 Å². The fourth-order valence-corrected chi connectivity index (χ4v) is 1.62. The molecule has 0 spiro atoms. The molecule has 1 aromatic heterocycles. The first kappa shape index (κ1) is 12.6. The van der Waals surface area contributed by atoms with Crippen LogP contribution < -0.4 is 10.6 Å². The van der Waals surface area contributed by atoms with Gasteiger partial charge < -0.3 is 10.6 Å². The lowest BCUT2D eigenvalue weighted by Crippen LogP contribution is -2.43. The summed E-state index contributed by atoms with van der Waals surface area (Å²) in [4.78, 5) is 17.7. The zero-order valence-electron chi connectivity index (χ0n) is 9.89. The van der Waals surface area contributed by atoms with Crippen molar-refractivity contribution < 1.29 is 4.79 Å². The lowest BCUT2D eigenvalue weighted by atomic mass is 10.1. The molecule has 0 saturated carbocycles. The van der Waals surface area contributed by atoms with Crippen LogP contribution in [0.2, 0.25) is 0 Å². The summed E-state index contributed by atoms with van der Waals surface area (Å²) < 4.78 is 0. The molecule has 0 aliphatic heterocycles. The van der Waals surface area contributed by atoms with Gasteiger partial charge in [0.15, 0.2) is 0 Å². The molecule has 0 radical (unpaired) electrons. The van der Waals surface area contributed by atoms with Crippen LogP contribution >= 0.6 is 0 Å². The van der Waals surface area contributed by atoms with Crippen LogP contribution in [0.1, 0.15) is 26.7 Å². The number of hydrogen-bond acceptors (Lipinski definition) is 3. The number of likely N-dealkylation sites (N-methyl/N-ethyl adjacent to an activating group) is 1. The van der Waals surface area contributed by atoms with E-state index in [2.05, 4.69) is 4.98 Å². The van der Waals surface area contributed by atoms with Gasteiger partial charge in [0, 0.05) is 24.6 Å². The maximum absolute atomic E-state index is 12.0. The molecule has 0 aliphatic carbocycles. The van der Waals surface area contributed by atoms with Gasteiger partial charge in [0.2, 0.25) is 5.91 Å². The van der Waals surface area contributed by atoms with Crippen molar-refractivity contribution in [2.75, 3.05) is 11.4 Å². The smallest absolute Gasteiger partial charge is 0.243 e. The van der Waals surface area contributed by atoms with Crippen molar-refractivity contribution in [1.82, 2.24) is 4.98 Å². The van der Waals surface area contributed by atoms with Crippen LogP contribution in [0.15, 0.2) is 24.5 Å². The minimum atomic E-state index is -0.405. The maximum Gasteiger partial charge on any atom is 0.243 e. The summed E-state index contributed by atoms with van der Waals surface area (Å²) in [5.41, 5.74) is 6.69. The summed E-state index contributed by atoms with van der Waals surface area (Å²) in [5.74, 6) is -0.0180. The predicted octanol–water partition coefficient (Wildman–Crippen LogP) is 1.56. The molecular formula is C12H19N3O. The van der Waals surface area contributed by atoms with Gasteiger partial charge in [-0.2, -0.15) is 0 Å². The highest BCUT2D eigenvalue weighted by molar-refractivity contribution is 5.96. The lowest BCUT2D eigenvalue weighted by molar-refractivity contribution is -0.119. The number of anilines is 1. The number of nitrogens with two attached hydrogens (primary N) is 1. The summed E-state index contributed by atoms with van der Waals surface area (Å²) in [6, 6.07) is 3.23. The highest BCUT2D eigenvalue weighted by Crippen LogP contribution is 2.13. The van der Waals surface area contributed by atoms with Crippen LogP contribution in [-0.2, 0) is 4.79 Å². The van der Waals surface area contributed by atoms with E-state index in [1.165, 1.54) is 0 Å². The van der Waals surface area contributed by atoms with E-state index in [1.807, 2.05) is 26.0 Å². The van der Waals surface area contributed by atoms with Crippen molar-refractivity contribution in [3.63, 3.8) is 0 Å². The number of pyridine rings is 1. The van der Waals surface area contributed by atoms with Crippen molar-refractivity contribution in [2.24, 2.45) is 5.73 Å². The SMILES string of the molecule is CCC[C@@H](N)C(=O)N(CC)c1ccncc1. The van der Waals surface area contributed by atoms with Crippen LogP contribution in [0, 0.1) is 0 Å². The molecule has 0 saturated heterocycles. The zero-order valence-corrected chi connectivity index (χ0v) is 9.89. The second kappa shape index (κ2) is 6.23. The van der Waals surface area contributed by atoms with Crippen molar-refractivity contribution in [2.45, 2.75) is 32.7 Å². The molecule has 1 amide bonds. The molecular weight excluding hydrogens is 202 g/mol. The molecule has 88 valence electrons. The number of carbonyl (C=O) groups excluding carboxylic acids is 1. The summed E-state index contributed by atoms with van der Waals surface area (Å²) in [5, 5.41) is 0. The van der Waals surface area contributed by atoms with E-state index in [-0.39, 0.29) is 5.91 Å². The van der Waals surface area contributed by atoms with Crippen molar-refractivity contribution in [3.05, 3.63) is 24.5 Å². The number of nitrogens with zero attached hydrogens (tertiary/aromatic N) is 2. The van der Waals surface area contributed by atoms with Gasteiger partial charge in [-0.25, -0.2) is 0 Å². The first-order valence-electron chi connectivity index (χ1n) is 5.67. The van der Waals surface area contributed by atoms with Gasteiger partial charge in [0.25, 0.3) is 0 Å². The fraction of sp³-hybridized carbons (Fsp3) is 0.500. The van der Waals surface area contributed by atoms with Crippen LogP contribution in [0.4, 0.5) is 5.69 Å². The fourth-order valence-electron chi connectivity index (χ4n) is 1.62. The van der Waals surface area contributed by atoms with Crippen LogP contribution in [0.25, 0.3) is 0 Å². The first-order chi connectivity index (χ1) is 7.70. The molecule has 0 aromatic carbocycles. The van der Waals surface area contributed by atoms with Crippen LogP contribution in [0.3, 0.4) is 0 Å². The Morgan fingerprint density at radius 1 is 1.44 bits per heavy atom. The number of rotatable bonds is 5. The summed E-state index contributed by atoms with van der Waals surface area (Å²) >= 11 is 0. The Hall–Kier alpha value is -1.42. The highest BCUT2D eigenvalue weighted by Gasteiger charge is 2.20. The minimum absolute atomic E-state index is 0.0180. The van der Waals surface area contributed by atoms with Gasteiger partial charge in [-0.15, -0.1) is 0 Å². The molecule has 0 unspecified atom stereocenters. The van der Waals surface area contributed by atoms with Gasteiger partial charge in [-0.3, -0.25) is 9.78 Å². The lowest BCUT2D eigenvalue weighted by Gasteiger charge is -2.24. The largest absolute Gasteiger partial charge is 0.320 e. The van der Waals surface area contributed by atoms with E-state index in [9.17, 15) is 4.79 Å². The molecule has 1 heterocycles. The van der Waals surface area contributed by atoms with E-state index in [0.29, 0.717) is 6.54 Å². The normalized spacial score (nSPS) is 12.2. The van der Waals surface area contributed by atoms with Gasteiger partial charge in [0.05, 0.1) is 6.04 Å². The van der Waals surface area contributed by atoms with E-state index in [1.54, 1.807) is 17.3 Å². The summed E-state index contributed by atoms with van der Waals surface area (Å²) in [6.45, 7) is 4.59. The molecule has 0 aliphatic rings. The van der Waals surface area contributed by atoms with Gasteiger partial charge in [-0.1, -0.05) is 13.3 Å². The first-order valence-corrected chi connectivity index (χ1v) is 5.67. The van der Waals surface area contributed by atoms with Crippen LogP contribution in [0.5, 0.6) is 0 Å². The molecule has 4 heteroatoms. The van der Waals surface area contributed by atoms with Crippen molar-refractivity contribution in [3.8, 4) is 0 Å². The van der Waals surface area contributed by atoms with E-state index in [0.717, 1.165) is 18.5 Å². The van der Waals surface area contributed by atoms with E-state index >= 15 is 0 Å². The van der Waals surface area contributed by atoms with E-state index in [4.69, 9.17) is 5.73 Å². The molecule has 1 aromatic rings. The maximum atomic E-state index is 12.0. The van der Waals surface area contributed by atoms with Crippen molar-refractivity contribution >= 4 is 11.6 Å². The molecule has 1 rings (SSSR count). The highest BCUT2D eigenvalue weighted by atomic mass is 16.2. The van der Waals surface area contributed by atoms with Gasteiger partial charge >= 0.3 is 0 Å². The quantitative estimate of drug-likeness (QED) is 0.821. The van der Waals surface area contributed by atoms with Crippen LogP contribution in [-0.4, -0.2) is 23.5 Å². The summed E-state index contributed by atoms with van der Waals surface area (Å²) in [6.07, 6.45) is 4.99. The Kier molecular flexibility index (Phi) is 4.92. The summed E-state index contributed by atoms with van der Waals surface area (Å²) in [7, 11) is 0. The number of hydrogen-bond donors (Lipinski definition) is 1. The molecule has 4 nitrogen and oxygen atoms in total. The second-order valence-electron chi connectivity index (χ2n) is 3.68. The van der Waals surface area contributed by atoms with Gasteiger partial charge in [-0.05, 0) is 25.5 Å². The third-order valence-corrected chi connectivity index (χ3v) is 2.47. The molecule has 0 bridgehead atoms. The monoisotopic (exact) mass is 221 g/mol. The third kappa shape index (κ3) is 3.03. The Balaban J connectivity index is 2.79. The predicted molar refractivity (Wildman–Crippen MR) is 65.1 cm³/mol. The zero-order chi connectivity index (χ0) is 12.0. The molecule has 0 fully saturated rings. The molecule has 2 N–H and O–H groups in total. The molecule has 16 heavy (non-hydrogen) atoms. The minimum Gasteiger partial charge on any atom is -0.320 e. The average molecular weight is 221 g/mol. The molecule has 1 atom stereocenters. The topological polar surface area (TPSA) is 59.2 Å². The second-order valence-corrected chi connectivity index (χ2v) is 3.68. The Morgan fingerprint density at radius 3 is 2.56 bits per heavy atom. The number of amides is 1. The standard InChI is InChI=1S/C12H19N3O/c1-3-5-11(13)12(16)15(4-2)10-6-8-14-9-7-10/h6-9,11H,3-5,13H2,1-2H3/t11-/m1/s1. The number of aromatic nitrogens is 1. The van der Waals surface area contributed by atoms with Gasteiger partial charge in [0.1, 0.15) is 0 Å². The third-order valence-electron chi connectivity index (χ3n) is 2.47. The number of carbonyl (C=O) groups is 1. The average Bonchev–Trinajstić information content (AvgIpc) is 2.31. The Bertz CT molecular complexity index is 326. The van der Waals surface area contributed by atoms with Crippen molar-refractivity contribution in [1.29, 1.82) is 0 Å². The Morgan fingerprint density at radius 2 is 2.06 bits per heavy atom. The van der Waals surface area contributed by atoms with E-state index < -0.39 is 6.04 Å².